The van der Waals surface area contributed by atoms with Crippen molar-refractivity contribution in [1.82, 2.24) is 29.9 Å². The molecule has 2 aromatic heterocycles. The molecule has 0 bridgehead atoms. The van der Waals surface area contributed by atoms with E-state index in [-0.39, 0.29) is 11.9 Å². The van der Waals surface area contributed by atoms with Gasteiger partial charge >= 0.3 is 6.03 Å². The minimum atomic E-state index is -0.174. The number of nitrogens with one attached hydrogen (secondary N) is 1. The molecule has 0 radical (unpaired) electrons. The first-order valence-electron chi connectivity index (χ1n) is 8.28. The maximum absolute atomic E-state index is 12.7. The normalized spacial score (nSPS) is 14.7. The van der Waals surface area contributed by atoms with Gasteiger partial charge < -0.3 is 19.5 Å². The molecule has 1 N–H and O–H groups in total. The number of carbonyl (C=O) groups is 2. The fourth-order valence-corrected chi connectivity index (χ4v) is 2.78. The number of rotatable bonds is 3. The number of urea groups is 1. The predicted octanol–water partition coefficient (Wildman–Crippen LogP) is 0.871. The number of aromatic nitrogens is 3. The monoisotopic (exact) mass is 346 g/mol. The molecule has 1 aliphatic heterocycles. The number of amides is 3. The third-order valence-corrected chi connectivity index (χ3v) is 4.13. The summed E-state index contributed by atoms with van der Waals surface area (Å²) in [6.45, 7) is 6.16. The summed E-state index contributed by atoms with van der Waals surface area (Å²) in [5, 5.41) is 6.86. The van der Waals surface area contributed by atoms with Crippen LogP contribution in [0.5, 0.6) is 0 Å². The molecule has 0 unspecified atom stereocenters. The molecular weight excluding hydrogens is 324 g/mol. The van der Waals surface area contributed by atoms with Crippen molar-refractivity contribution in [2.75, 3.05) is 32.7 Å². The number of piperazine rings is 1. The lowest BCUT2D eigenvalue weighted by Gasteiger charge is -2.34. The van der Waals surface area contributed by atoms with E-state index in [1.165, 1.54) is 0 Å². The second-order valence-corrected chi connectivity index (χ2v) is 5.94. The number of carbonyl (C=O) groups excluding carboxylic acids is 2. The van der Waals surface area contributed by atoms with Crippen LogP contribution in [0.15, 0.2) is 16.8 Å². The molecule has 9 heteroatoms. The van der Waals surface area contributed by atoms with E-state index in [4.69, 9.17) is 4.42 Å². The molecule has 1 saturated heterocycles. The molecule has 3 heterocycles. The number of aryl methyl sites for hydroxylation is 2. The van der Waals surface area contributed by atoms with Crippen LogP contribution in [-0.4, -0.2) is 69.2 Å². The molecule has 1 fully saturated rings. The van der Waals surface area contributed by atoms with Crippen LogP contribution in [0.25, 0.3) is 11.5 Å². The SMILES string of the molecule is CCNC(=O)N1CCN(C(=O)c2nc(-c3cnn(C)c3)oc2C)CC1. The van der Waals surface area contributed by atoms with E-state index in [9.17, 15) is 9.59 Å². The van der Waals surface area contributed by atoms with Crippen LogP contribution >= 0.6 is 0 Å². The average molecular weight is 346 g/mol. The number of hydrogen-bond acceptors (Lipinski definition) is 5. The first-order valence-corrected chi connectivity index (χ1v) is 8.28. The summed E-state index contributed by atoms with van der Waals surface area (Å²) in [7, 11) is 1.81. The van der Waals surface area contributed by atoms with E-state index < -0.39 is 0 Å². The third-order valence-electron chi connectivity index (χ3n) is 4.13. The first-order chi connectivity index (χ1) is 12.0. The summed E-state index contributed by atoms with van der Waals surface area (Å²) >= 11 is 0. The lowest BCUT2D eigenvalue weighted by atomic mass is 10.2. The zero-order chi connectivity index (χ0) is 18.0. The zero-order valence-corrected chi connectivity index (χ0v) is 14.7. The molecule has 0 aromatic carbocycles. The summed E-state index contributed by atoms with van der Waals surface area (Å²) in [6.07, 6.45) is 3.43. The number of oxazole rings is 1. The summed E-state index contributed by atoms with van der Waals surface area (Å²) < 4.78 is 7.28. The fraction of sp³-hybridized carbons (Fsp3) is 0.500. The van der Waals surface area contributed by atoms with Crippen LogP contribution in [0.1, 0.15) is 23.2 Å². The summed E-state index contributed by atoms with van der Waals surface area (Å²) in [6, 6.07) is -0.0916. The van der Waals surface area contributed by atoms with Gasteiger partial charge in [-0.1, -0.05) is 0 Å². The van der Waals surface area contributed by atoms with E-state index in [2.05, 4.69) is 15.4 Å². The van der Waals surface area contributed by atoms with Gasteiger partial charge in [0.15, 0.2) is 5.69 Å². The highest BCUT2D eigenvalue weighted by molar-refractivity contribution is 5.94. The maximum atomic E-state index is 12.7. The smallest absolute Gasteiger partial charge is 0.317 e. The number of hydrogen-bond donors (Lipinski definition) is 1. The second-order valence-electron chi connectivity index (χ2n) is 5.94. The van der Waals surface area contributed by atoms with Crippen molar-refractivity contribution in [2.24, 2.45) is 7.05 Å². The van der Waals surface area contributed by atoms with Gasteiger partial charge in [-0.2, -0.15) is 5.10 Å². The van der Waals surface area contributed by atoms with Crippen LogP contribution in [0.3, 0.4) is 0 Å². The Hall–Kier alpha value is -2.84. The first kappa shape index (κ1) is 17.0. The van der Waals surface area contributed by atoms with E-state index in [0.29, 0.717) is 50.1 Å². The molecule has 2 aromatic rings. The fourth-order valence-electron chi connectivity index (χ4n) is 2.78. The van der Waals surface area contributed by atoms with Crippen LogP contribution < -0.4 is 5.32 Å². The second kappa shape index (κ2) is 6.96. The lowest BCUT2D eigenvalue weighted by Crippen LogP contribution is -2.53. The molecule has 134 valence electrons. The lowest BCUT2D eigenvalue weighted by molar-refractivity contribution is 0.0658. The molecule has 1 aliphatic rings. The Bertz CT molecular complexity index is 773. The van der Waals surface area contributed by atoms with Crippen LogP contribution in [0, 0.1) is 6.92 Å². The highest BCUT2D eigenvalue weighted by Crippen LogP contribution is 2.22. The predicted molar refractivity (Wildman–Crippen MR) is 90.0 cm³/mol. The molecule has 0 aliphatic carbocycles. The Morgan fingerprint density at radius 1 is 1.24 bits per heavy atom. The van der Waals surface area contributed by atoms with Gasteiger partial charge in [0.25, 0.3) is 5.91 Å². The Balaban J connectivity index is 1.68. The molecule has 0 spiro atoms. The minimum absolute atomic E-state index is 0.0916. The quantitative estimate of drug-likeness (QED) is 0.889. The van der Waals surface area contributed by atoms with Gasteiger partial charge in [-0.15, -0.1) is 0 Å². The zero-order valence-electron chi connectivity index (χ0n) is 14.7. The van der Waals surface area contributed by atoms with Crippen molar-refractivity contribution in [3.05, 3.63) is 23.8 Å². The maximum Gasteiger partial charge on any atom is 0.317 e. The molecule has 0 atom stereocenters. The molecule has 3 amide bonds. The van der Waals surface area contributed by atoms with E-state index in [1.54, 1.807) is 40.8 Å². The van der Waals surface area contributed by atoms with Crippen molar-refractivity contribution in [3.8, 4) is 11.5 Å². The highest BCUT2D eigenvalue weighted by Gasteiger charge is 2.28. The molecular formula is C16H22N6O3. The summed E-state index contributed by atoms with van der Waals surface area (Å²) in [5.74, 6) is 0.692. The van der Waals surface area contributed by atoms with Gasteiger partial charge in [-0.05, 0) is 13.8 Å². The van der Waals surface area contributed by atoms with Gasteiger partial charge in [0.1, 0.15) is 5.76 Å². The Morgan fingerprint density at radius 2 is 1.92 bits per heavy atom. The van der Waals surface area contributed by atoms with Crippen molar-refractivity contribution >= 4 is 11.9 Å². The van der Waals surface area contributed by atoms with Crippen molar-refractivity contribution < 1.29 is 14.0 Å². The van der Waals surface area contributed by atoms with Crippen LogP contribution in [-0.2, 0) is 7.05 Å². The Labute approximate surface area is 145 Å². The highest BCUT2D eigenvalue weighted by atomic mass is 16.4. The van der Waals surface area contributed by atoms with Gasteiger partial charge in [-0.3, -0.25) is 9.48 Å². The number of nitrogens with zero attached hydrogens (tertiary/aromatic N) is 5. The summed E-state index contributed by atoms with van der Waals surface area (Å²) in [5.41, 5.74) is 1.04. The van der Waals surface area contributed by atoms with Gasteiger partial charge in [0.2, 0.25) is 5.89 Å². The van der Waals surface area contributed by atoms with Crippen molar-refractivity contribution in [3.63, 3.8) is 0 Å². The third kappa shape index (κ3) is 3.49. The summed E-state index contributed by atoms with van der Waals surface area (Å²) in [4.78, 5) is 32.3. The standard InChI is InChI=1S/C16H22N6O3/c1-4-17-16(24)22-7-5-21(6-8-22)15(23)13-11(2)25-14(19-13)12-9-18-20(3)10-12/h9-10H,4-8H2,1-3H3,(H,17,24). The molecule has 0 saturated carbocycles. The van der Waals surface area contributed by atoms with Crippen LogP contribution in [0.4, 0.5) is 4.79 Å². The largest absolute Gasteiger partial charge is 0.440 e. The topological polar surface area (TPSA) is 96.5 Å². The van der Waals surface area contributed by atoms with Crippen molar-refractivity contribution in [1.29, 1.82) is 0 Å². The van der Waals surface area contributed by atoms with E-state index in [1.807, 2.05) is 6.92 Å². The van der Waals surface area contributed by atoms with E-state index >= 15 is 0 Å². The average Bonchev–Trinajstić information content (AvgIpc) is 3.20. The molecule has 9 nitrogen and oxygen atoms in total. The van der Waals surface area contributed by atoms with Gasteiger partial charge in [-0.25, -0.2) is 9.78 Å². The minimum Gasteiger partial charge on any atom is -0.440 e. The van der Waals surface area contributed by atoms with Crippen molar-refractivity contribution in [2.45, 2.75) is 13.8 Å². The van der Waals surface area contributed by atoms with Gasteiger partial charge in [0.05, 0.1) is 11.8 Å². The van der Waals surface area contributed by atoms with Gasteiger partial charge in [0, 0.05) is 46.0 Å². The Kier molecular flexibility index (Phi) is 4.73. The molecule has 25 heavy (non-hydrogen) atoms. The molecule has 3 rings (SSSR count). The van der Waals surface area contributed by atoms with E-state index in [0.717, 1.165) is 5.56 Å². The Morgan fingerprint density at radius 3 is 2.52 bits per heavy atom. The van der Waals surface area contributed by atoms with Crippen LogP contribution in [0.2, 0.25) is 0 Å².